The summed E-state index contributed by atoms with van der Waals surface area (Å²) in [5.74, 6) is -0.0411. The van der Waals surface area contributed by atoms with Gasteiger partial charge in [0, 0.05) is 18.0 Å². The van der Waals surface area contributed by atoms with Gasteiger partial charge in [0.2, 0.25) is 5.91 Å². The Morgan fingerprint density at radius 1 is 1.26 bits per heavy atom. The molecule has 4 rings (SSSR count). The molecule has 0 saturated carbocycles. The van der Waals surface area contributed by atoms with Crippen LogP contribution in [0.25, 0.3) is 10.2 Å². The van der Waals surface area contributed by atoms with Crippen molar-refractivity contribution in [2.45, 2.75) is 32.2 Å². The zero-order valence-corrected chi connectivity index (χ0v) is 13.7. The summed E-state index contributed by atoms with van der Waals surface area (Å²) in [5.41, 5.74) is 1.10. The second-order valence-electron chi connectivity index (χ2n) is 6.06. The van der Waals surface area contributed by atoms with E-state index in [4.69, 9.17) is 4.74 Å². The SMILES string of the molecule is O=C(Cn1cnc2sc3c(c2c1=O)CCCC3)N1CCOCC1. The van der Waals surface area contributed by atoms with Gasteiger partial charge in [0.15, 0.2) is 0 Å². The van der Waals surface area contributed by atoms with Crippen LogP contribution in [0, 0.1) is 0 Å². The van der Waals surface area contributed by atoms with Gasteiger partial charge in [-0.15, -0.1) is 11.3 Å². The molecule has 7 heteroatoms. The summed E-state index contributed by atoms with van der Waals surface area (Å²) in [7, 11) is 0. The van der Waals surface area contributed by atoms with Crippen LogP contribution in [-0.2, 0) is 28.9 Å². The van der Waals surface area contributed by atoms with Crippen molar-refractivity contribution in [1.82, 2.24) is 14.5 Å². The molecule has 0 bridgehead atoms. The molecule has 2 aromatic heterocycles. The maximum absolute atomic E-state index is 12.8. The number of aryl methyl sites for hydroxylation is 2. The molecule has 23 heavy (non-hydrogen) atoms. The number of nitrogens with zero attached hydrogens (tertiary/aromatic N) is 3. The van der Waals surface area contributed by atoms with E-state index in [1.165, 1.54) is 27.8 Å². The third-order valence-corrected chi connectivity index (χ3v) is 5.81. The molecule has 122 valence electrons. The second-order valence-corrected chi connectivity index (χ2v) is 7.15. The van der Waals surface area contributed by atoms with Crippen LogP contribution >= 0.6 is 11.3 Å². The van der Waals surface area contributed by atoms with Gasteiger partial charge in [0.05, 0.1) is 24.9 Å². The van der Waals surface area contributed by atoms with Gasteiger partial charge < -0.3 is 9.64 Å². The van der Waals surface area contributed by atoms with E-state index in [2.05, 4.69) is 4.98 Å². The first-order valence-electron chi connectivity index (χ1n) is 8.09. The monoisotopic (exact) mass is 333 g/mol. The van der Waals surface area contributed by atoms with Gasteiger partial charge in [0.25, 0.3) is 5.56 Å². The number of thiophene rings is 1. The van der Waals surface area contributed by atoms with Crippen LogP contribution in [-0.4, -0.2) is 46.7 Å². The highest BCUT2D eigenvalue weighted by Crippen LogP contribution is 2.33. The van der Waals surface area contributed by atoms with Crippen LogP contribution in [0.5, 0.6) is 0 Å². The van der Waals surface area contributed by atoms with Crippen LogP contribution < -0.4 is 5.56 Å². The first-order valence-corrected chi connectivity index (χ1v) is 8.91. The largest absolute Gasteiger partial charge is 0.378 e. The molecule has 0 atom stereocenters. The van der Waals surface area contributed by atoms with Crippen LogP contribution in [0.3, 0.4) is 0 Å². The molecule has 2 aliphatic rings. The van der Waals surface area contributed by atoms with Crippen LogP contribution in [0.1, 0.15) is 23.3 Å². The number of rotatable bonds is 2. The Kier molecular flexibility index (Phi) is 3.90. The van der Waals surface area contributed by atoms with Crippen LogP contribution in [0.4, 0.5) is 0 Å². The maximum atomic E-state index is 12.8. The summed E-state index contributed by atoms with van der Waals surface area (Å²) in [6.45, 7) is 2.38. The van der Waals surface area contributed by atoms with E-state index in [1.807, 2.05) is 0 Å². The normalized spacial score (nSPS) is 18.2. The fourth-order valence-electron chi connectivity index (χ4n) is 3.35. The molecule has 0 unspecified atom stereocenters. The number of hydrogen-bond acceptors (Lipinski definition) is 5. The first kappa shape index (κ1) is 14.8. The molecular formula is C16H19N3O3S. The van der Waals surface area contributed by atoms with Crippen molar-refractivity contribution in [2.75, 3.05) is 26.3 Å². The predicted molar refractivity (Wildman–Crippen MR) is 87.9 cm³/mol. The minimum Gasteiger partial charge on any atom is -0.378 e. The van der Waals surface area contributed by atoms with Gasteiger partial charge in [-0.25, -0.2) is 4.98 Å². The molecular weight excluding hydrogens is 314 g/mol. The lowest BCUT2D eigenvalue weighted by molar-refractivity contribution is -0.135. The molecule has 1 saturated heterocycles. The Bertz CT molecular complexity index is 805. The van der Waals surface area contributed by atoms with Gasteiger partial charge in [-0.1, -0.05) is 0 Å². The van der Waals surface area contributed by atoms with E-state index in [-0.39, 0.29) is 18.0 Å². The lowest BCUT2D eigenvalue weighted by Gasteiger charge is -2.27. The standard InChI is InChI=1S/C16H19N3O3S/c20-13(18-5-7-22-8-6-18)9-19-10-17-15-14(16(19)21)11-3-1-2-4-12(11)23-15/h10H,1-9H2. The number of aromatic nitrogens is 2. The number of amides is 1. The van der Waals surface area contributed by atoms with Crippen molar-refractivity contribution in [3.8, 4) is 0 Å². The molecule has 1 aliphatic heterocycles. The first-order chi connectivity index (χ1) is 11.2. The van der Waals surface area contributed by atoms with E-state index < -0.39 is 0 Å². The number of hydrogen-bond donors (Lipinski definition) is 0. The fraction of sp³-hybridized carbons (Fsp3) is 0.562. The summed E-state index contributed by atoms with van der Waals surface area (Å²) in [6.07, 6.45) is 5.82. The lowest BCUT2D eigenvalue weighted by atomic mass is 9.97. The highest BCUT2D eigenvalue weighted by molar-refractivity contribution is 7.18. The average molecular weight is 333 g/mol. The summed E-state index contributed by atoms with van der Waals surface area (Å²) in [6, 6.07) is 0. The zero-order valence-electron chi connectivity index (χ0n) is 12.9. The van der Waals surface area contributed by atoms with E-state index in [1.54, 1.807) is 16.2 Å². The van der Waals surface area contributed by atoms with Gasteiger partial charge in [-0.3, -0.25) is 14.2 Å². The molecule has 1 fully saturated rings. The van der Waals surface area contributed by atoms with E-state index >= 15 is 0 Å². The summed E-state index contributed by atoms with van der Waals surface area (Å²) in [5, 5.41) is 0.738. The zero-order chi connectivity index (χ0) is 15.8. The summed E-state index contributed by atoms with van der Waals surface area (Å²) >= 11 is 1.63. The minimum atomic E-state index is -0.0731. The third-order valence-electron chi connectivity index (χ3n) is 4.61. The molecule has 0 aromatic carbocycles. The molecule has 6 nitrogen and oxygen atoms in total. The van der Waals surface area contributed by atoms with Crippen molar-refractivity contribution < 1.29 is 9.53 Å². The molecule has 2 aromatic rings. The molecule has 1 amide bonds. The highest BCUT2D eigenvalue weighted by atomic mass is 32.1. The minimum absolute atomic E-state index is 0.0411. The Morgan fingerprint density at radius 3 is 2.87 bits per heavy atom. The Labute approximate surface area is 137 Å². The maximum Gasteiger partial charge on any atom is 0.262 e. The van der Waals surface area contributed by atoms with Crippen molar-refractivity contribution in [2.24, 2.45) is 0 Å². The second kappa shape index (κ2) is 6.05. The Morgan fingerprint density at radius 2 is 2.04 bits per heavy atom. The topological polar surface area (TPSA) is 64.4 Å². The molecule has 3 heterocycles. The third kappa shape index (κ3) is 2.68. The summed E-state index contributed by atoms with van der Waals surface area (Å²) < 4.78 is 6.72. The average Bonchev–Trinajstić information content (AvgIpc) is 2.97. The van der Waals surface area contributed by atoms with Gasteiger partial charge >= 0.3 is 0 Å². The Hall–Kier alpha value is -1.73. The number of carbonyl (C=O) groups is 1. The van der Waals surface area contributed by atoms with Crippen LogP contribution in [0.15, 0.2) is 11.1 Å². The summed E-state index contributed by atoms with van der Waals surface area (Å²) in [4.78, 5) is 33.5. The van der Waals surface area contributed by atoms with E-state index in [0.29, 0.717) is 26.3 Å². The smallest absolute Gasteiger partial charge is 0.262 e. The van der Waals surface area contributed by atoms with Crippen LogP contribution in [0.2, 0.25) is 0 Å². The lowest BCUT2D eigenvalue weighted by Crippen LogP contribution is -2.43. The number of morpholine rings is 1. The van der Waals surface area contributed by atoms with E-state index in [0.717, 1.165) is 29.5 Å². The molecule has 0 radical (unpaired) electrons. The van der Waals surface area contributed by atoms with Crippen molar-refractivity contribution in [3.05, 3.63) is 27.1 Å². The number of carbonyl (C=O) groups excluding carboxylic acids is 1. The number of fused-ring (bicyclic) bond motifs is 3. The molecule has 1 aliphatic carbocycles. The van der Waals surface area contributed by atoms with Crippen molar-refractivity contribution >= 4 is 27.5 Å². The predicted octanol–water partition coefficient (Wildman–Crippen LogP) is 1.20. The van der Waals surface area contributed by atoms with Crippen molar-refractivity contribution in [3.63, 3.8) is 0 Å². The fourth-order valence-corrected chi connectivity index (χ4v) is 4.57. The quantitative estimate of drug-likeness (QED) is 0.828. The van der Waals surface area contributed by atoms with Gasteiger partial charge in [0.1, 0.15) is 11.4 Å². The molecule has 0 N–H and O–H groups in total. The highest BCUT2D eigenvalue weighted by Gasteiger charge is 2.22. The van der Waals surface area contributed by atoms with Gasteiger partial charge in [-0.2, -0.15) is 0 Å². The van der Waals surface area contributed by atoms with E-state index in [9.17, 15) is 9.59 Å². The number of ether oxygens (including phenoxy) is 1. The Balaban J connectivity index is 1.66. The molecule has 0 spiro atoms. The van der Waals surface area contributed by atoms with Gasteiger partial charge in [-0.05, 0) is 31.2 Å². The van der Waals surface area contributed by atoms with Crippen molar-refractivity contribution in [1.29, 1.82) is 0 Å².